The van der Waals surface area contributed by atoms with Crippen LogP contribution in [0.2, 0.25) is 0 Å². The summed E-state index contributed by atoms with van der Waals surface area (Å²) in [4.78, 5) is 27.1. The molecule has 19 heavy (non-hydrogen) atoms. The maximum Gasteiger partial charge on any atom is 0.240 e. The first-order valence-electron chi connectivity index (χ1n) is 6.92. The highest BCUT2D eigenvalue weighted by atomic mass is 19.1. The maximum atomic E-state index is 12.3. The summed E-state index contributed by atoms with van der Waals surface area (Å²) in [6.45, 7) is 3.49. The number of carbonyl (C=O) groups is 2. The Balaban J connectivity index is 2.46. The molecular weight excluding hydrogens is 249 g/mol. The van der Waals surface area contributed by atoms with Crippen LogP contribution in [0.1, 0.15) is 26.2 Å². The van der Waals surface area contributed by atoms with Crippen molar-refractivity contribution in [3.05, 3.63) is 0 Å². The Morgan fingerprint density at radius 3 is 2.95 bits per heavy atom. The third kappa shape index (κ3) is 4.78. The molecule has 1 fully saturated rings. The molecule has 1 saturated heterocycles. The van der Waals surface area contributed by atoms with Crippen molar-refractivity contribution in [3.63, 3.8) is 0 Å². The molecular formula is C13H24FN3O2. The van der Waals surface area contributed by atoms with E-state index in [2.05, 4.69) is 12.2 Å². The summed E-state index contributed by atoms with van der Waals surface area (Å²) in [5.74, 6) is -0.206. The average molecular weight is 273 g/mol. The van der Waals surface area contributed by atoms with E-state index in [1.54, 1.807) is 11.9 Å². The first kappa shape index (κ1) is 15.9. The van der Waals surface area contributed by atoms with Crippen LogP contribution in [-0.4, -0.2) is 67.6 Å². The first-order valence-corrected chi connectivity index (χ1v) is 6.92. The maximum absolute atomic E-state index is 12.3. The van der Waals surface area contributed by atoms with E-state index < -0.39 is 12.7 Å². The molecule has 0 aliphatic carbocycles. The van der Waals surface area contributed by atoms with Gasteiger partial charge < -0.3 is 15.1 Å². The van der Waals surface area contributed by atoms with Gasteiger partial charge >= 0.3 is 0 Å². The summed E-state index contributed by atoms with van der Waals surface area (Å²) in [6, 6.07) is -0.503. The summed E-state index contributed by atoms with van der Waals surface area (Å²) in [7, 11) is 1.75. The molecule has 0 saturated carbocycles. The fourth-order valence-electron chi connectivity index (χ4n) is 2.13. The SMILES string of the molecule is CCCCN(C)C(=O)CC1NCCN(CCF)C1=O. The van der Waals surface area contributed by atoms with Gasteiger partial charge in [-0.1, -0.05) is 13.3 Å². The molecule has 1 unspecified atom stereocenters. The fourth-order valence-corrected chi connectivity index (χ4v) is 2.13. The third-order valence-electron chi connectivity index (χ3n) is 3.39. The molecule has 6 heteroatoms. The Hall–Kier alpha value is -1.17. The standard InChI is InChI=1S/C13H24FN3O2/c1-3-4-7-16(2)12(18)10-11-13(19)17(8-5-14)9-6-15-11/h11,15H,3-10H2,1-2H3. The van der Waals surface area contributed by atoms with E-state index in [1.165, 1.54) is 4.90 Å². The van der Waals surface area contributed by atoms with E-state index in [1.807, 2.05) is 0 Å². The molecule has 0 spiro atoms. The second-order valence-electron chi connectivity index (χ2n) is 4.89. The lowest BCUT2D eigenvalue weighted by molar-refractivity contribution is -0.140. The number of alkyl halides is 1. The predicted molar refractivity (Wildman–Crippen MR) is 71.5 cm³/mol. The minimum Gasteiger partial charge on any atom is -0.346 e. The molecule has 5 nitrogen and oxygen atoms in total. The van der Waals surface area contributed by atoms with Crippen LogP contribution in [0.15, 0.2) is 0 Å². The Morgan fingerprint density at radius 2 is 2.32 bits per heavy atom. The van der Waals surface area contributed by atoms with Crippen molar-refractivity contribution in [1.29, 1.82) is 0 Å². The first-order chi connectivity index (χ1) is 9.10. The van der Waals surface area contributed by atoms with Crippen LogP contribution < -0.4 is 5.32 Å². The minimum atomic E-state index is -0.539. The molecule has 2 amide bonds. The Bertz CT molecular complexity index is 310. The van der Waals surface area contributed by atoms with Crippen molar-refractivity contribution in [2.24, 2.45) is 0 Å². The molecule has 0 aromatic heterocycles. The molecule has 1 aliphatic rings. The van der Waals surface area contributed by atoms with Crippen LogP contribution in [0.3, 0.4) is 0 Å². The molecule has 110 valence electrons. The third-order valence-corrected chi connectivity index (χ3v) is 3.39. The number of halogens is 1. The van der Waals surface area contributed by atoms with E-state index in [-0.39, 0.29) is 24.8 Å². The van der Waals surface area contributed by atoms with Gasteiger partial charge in [0.05, 0.1) is 12.5 Å². The zero-order valence-electron chi connectivity index (χ0n) is 11.8. The van der Waals surface area contributed by atoms with Crippen LogP contribution in [0, 0.1) is 0 Å². The minimum absolute atomic E-state index is 0.0404. The molecule has 1 heterocycles. The van der Waals surface area contributed by atoms with Crippen LogP contribution >= 0.6 is 0 Å². The van der Waals surface area contributed by atoms with E-state index in [4.69, 9.17) is 0 Å². The normalized spacial score (nSPS) is 19.6. The van der Waals surface area contributed by atoms with Crippen LogP contribution in [0.4, 0.5) is 4.39 Å². The highest BCUT2D eigenvalue weighted by Gasteiger charge is 2.30. The smallest absolute Gasteiger partial charge is 0.240 e. The molecule has 0 radical (unpaired) electrons. The number of piperazine rings is 1. The summed E-state index contributed by atoms with van der Waals surface area (Å²) >= 11 is 0. The molecule has 0 aromatic carbocycles. The quantitative estimate of drug-likeness (QED) is 0.731. The van der Waals surface area contributed by atoms with Crippen molar-refractivity contribution in [1.82, 2.24) is 15.1 Å². The second-order valence-corrected chi connectivity index (χ2v) is 4.89. The molecule has 1 N–H and O–H groups in total. The molecule has 1 aliphatic heterocycles. The van der Waals surface area contributed by atoms with Gasteiger partial charge in [-0.15, -0.1) is 0 Å². The lowest BCUT2D eigenvalue weighted by Crippen LogP contribution is -2.56. The number of rotatable bonds is 7. The van der Waals surface area contributed by atoms with E-state index in [0.717, 1.165) is 12.8 Å². The fraction of sp³-hybridized carbons (Fsp3) is 0.846. The zero-order valence-corrected chi connectivity index (χ0v) is 11.8. The van der Waals surface area contributed by atoms with E-state index in [9.17, 15) is 14.0 Å². The number of carbonyl (C=O) groups excluding carboxylic acids is 2. The Labute approximate surface area is 114 Å². The largest absolute Gasteiger partial charge is 0.346 e. The molecule has 0 aromatic rings. The van der Waals surface area contributed by atoms with Crippen LogP contribution in [0.5, 0.6) is 0 Å². The highest BCUT2D eigenvalue weighted by molar-refractivity contribution is 5.88. The summed E-state index contributed by atoms with van der Waals surface area (Å²) in [5, 5.41) is 3.04. The molecule has 0 bridgehead atoms. The van der Waals surface area contributed by atoms with Gasteiger partial charge in [0.2, 0.25) is 11.8 Å². The van der Waals surface area contributed by atoms with Gasteiger partial charge in [0.25, 0.3) is 0 Å². The van der Waals surface area contributed by atoms with Gasteiger partial charge in [0.15, 0.2) is 0 Å². The number of amides is 2. The highest BCUT2D eigenvalue weighted by Crippen LogP contribution is 2.07. The van der Waals surface area contributed by atoms with Crippen LogP contribution in [0.25, 0.3) is 0 Å². The van der Waals surface area contributed by atoms with Gasteiger partial charge in [0.1, 0.15) is 6.67 Å². The van der Waals surface area contributed by atoms with Gasteiger partial charge in [-0.05, 0) is 6.42 Å². The van der Waals surface area contributed by atoms with Crippen molar-refractivity contribution >= 4 is 11.8 Å². The van der Waals surface area contributed by atoms with Gasteiger partial charge in [-0.2, -0.15) is 0 Å². The van der Waals surface area contributed by atoms with Crippen molar-refractivity contribution in [2.75, 3.05) is 39.9 Å². The zero-order chi connectivity index (χ0) is 14.3. The van der Waals surface area contributed by atoms with E-state index >= 15 is 0 Å². The van der Waals surface area contributed by atoms with Gasteiger partial charge in [-0.25, -0.2) is 4.39 Å². The number of hydrogen-bond donors (Lipinski definition) is 1. The lowest BCUT2D eigenvalue weighted by Gasteiger charge is -2.33. The van der Waals surface area contributed by atoms with Crippen molar-refractivity contribution in [3.8, 4) is 0 Å². The average Bonchev–Trinajstić information content (AvgIpc) is 2.40. The van der Waals surface area contributed by atoms with E-state index in [0.29, 0.717) is 19.6 Å². The number of nitrogens with zero attached hydrogens (tertiary/aromatic N) is 2. The molecule has 1 rings (SSSR count). The predicted octanol–water partition coefficient (Wildman–Crippen LogP) is 0.405. The molecule has 1 atom stereocenters. The van der Waals surface area contributed by atoms with Crippen molar-refractivity contribution < 1.29 is 14.0 Å². The topological polar surface area (TPSA) is 52.7 Å². The van der Waals surface area contributed by atoms with Crippen LogP contribution in [-0.2, 0) is 9.59 Å². The monoisotopic (exact) mass is 273 g/mol. The van der Waals surface area contributed by atoms with Gasteiger partial charge in [0, 0.05) is 33.2 Å². The second kappa shape index (κ2) is 8.09. The number of unbranched alkanes of at least 4 members (excludes halogenated alkanes) is 1. The lowest BCUT2D eigenvalue weighted by atomic mass is 10.1. The number of nitrogens with one attached hydrogen (secondary N) is 1. The summed E-state index contributed by atoms with van der Waals surface area (Å²) in [6.07, 6.45) is 2.15. The Morgan fingerprint density at radius 1 is 1.58 bits per heavy atom. The summed E-state index contributed by atoms with van der Waals surface area (Å²) < 4.78 is 12.3. The summed E-state index contributed by atoms with van der Waals surface area (Å²) in [5.41, 5.74) is 0. The Kier molecular flexibility index (Phi) is 6.77. The van der Waals surface area contributed by atoms with Gasteiger partial charge in [-0.3, -0.25) is 9.59 Å². The number of hydrogen-bond acceptors (Lipinski definition) is 3. The van der Waals surface area contributed by atoms with Crippen molar-refractivity contribution in [2.45, 2.75) is 32.2 Å².